The molecule has 1 heterocycles. The molecule has 3 nitrogen and oxygen atoms in total. The molecule has 84 valence electrons. The summed E-state index contributed by atoms with van der Waals surface area (Å²) < 4.78 is 24.0. The summed E-state index contributed by atoms with van der Waals surface area (Å²) in [5.74, 6) is -0.129. The Bertz CT molecular complexity index is 451. The molecule has 2 rings (SSSR count). The van der Waals surface area contributed by atoms with Gasteiger partial charge in [-0.2, -0.15) is 5.26 Å². The minimum absolute atomic E-state index is 0.00885. The number of fused-ring (bicyclic) bond motifs is 1. The van der Waals surface area contributed by atoms with Gasteiger partial charge in [0.05, 0.1) is 13.2 Å². The zero-order valence-electron chi connectivity index (χ0n) is 9.05. The lowest BCUT2D eigenvalue weighted by Gasteiger charge is -2.21. The highest BCUT2D eigenvalue weighted by Gasteiger charge is 2.22. The molecular weight excluding hydrogens is 209 g/mol. The van der Waals surface area contributed by atoms with E-state index in [-0.39, 0.29) is 5.56 Å². The fourth-order valence-corrected chi connectivity index (χ4v) is 1.96. The molecule has 0 saturated heterocycles. The van der Waals surface area contributed by atoms with Crippen LogP contribution in [0.4, 0.5) is 4.39 Å². The van der Waals surface area contributed by atoms with E-state index in [2.05, 4.69) is 0 Å². The zero-order valence-corrected chi connectivity index (χ0v) is 9.05. The van der Waals surface area contributed by atoms with Crippen LogP contribution in [0.25, 0.3) is 0 Å². The molecule has 1 aliphatic rings. The van der Waals surface area contributed by atoms with Crippen molar-refractivity contribution in [2.24, 2.45) is 0 Å². The van der Waals surface area contributed by atoms with E-state index in [9.17, 15) is 4.39 Å². The number of nitrogens with zero attached hydrogens (tertiary/aromatic N) is 1. The van der Waals surface area contributed by atoms with Gasteiger partial charge in [0.2, 0.25) is 0 Å². The Kier molecular flexibility index (Phi) is 3.07. The van der Waals surface area contributed by atoms with Crippen LogP contribution in [0.2, 0.25) is 0 Å². The lowest BCUT2D eigenvalue weighted by Crippen LogP contribution is -2.13. The van der Waals surface area contributed by atoms with E-state index in [0.717, 1.165) is 24.0 Å². The van der Waals surface area contributed by atoms with Crippen molar-refractivity contribution >= 4 is 0 Å². The maximum absolute atomic E-state index is 13.6. The van der Waals surface area contributed by atoms with Gasteiger partial charge < -0.3 is 9.47 Å². The summed E-state index contributed by atoms with van der Waals surface area (Å²) in [6.07, 6.45) is 1.70. The van der Waals surface area contributed by atoms with E-state index < -0.39 is 5.82 Å². The molecular formula is C12H12FNO2. The van der Waals surface area contributed by atoms with E-state index in [0.29, 0.717) is 19.0 Å². The number of ether oxygens (including phenoxy) is 2. The molecule has 0 atom stereocenters. The summed E-state index contributed by atoms with van der Waals surface area (Å²) in [5.41, 5.74) is 1.69. The van der Waals surface area contributed by atoms with Crippen LogP contribution in [0.5, 0.6) is 5.75 Å². The Balaban J connectivity index is 2.58. The number of hydrogen-bond donors (Lipinski definition) is 0. The Morgan fingerprint density at radius 3 is 3.12 bits per heavy atom. The average Bonchev–Trinajstić information content (AvgIpc) is 2.30. The highest BCUT2D eigenvalue weighted by atomic mass is 19.1. The van der Waals surface area contributed by atoms with Crippen molar-refractivity contribution in [2.45, 2.75) is 19.4 Å². The monoisotopic (exact) mass is 221 g/mol. The molecule has 4 heteroatoms. The first-order valence-corrected chi connectivity index (χ1v) is 5.14. The van der Waals surface area contributed by atoms with Crippen LogP contribution in [-0.4, -0.2) is 13.7 Å². The van der Waals surface area contributed by atoms with E-state index in [1.807, 2.05) is 6.07 Å². The zero-order chi connectivity index (χ0) is 11.5. The van der Waals surface area contributed by atoms with E-state index in [1.54, 1.807) is 7.11 Å². The Labute approximate surface area is 93.4 Å². The topological polar surface area (TPSA) is 42.2 Å². The second-order valence-electron chi connectivity index (χ2n) is 3.70. The predicted molar refractivity (Wildman–Crippen MR) is 55.6 cm³/mol. The third-order valence-corrected chi connectivity index (χ3v) is 2.66. The molecule has 1 aliphatic heterocycles. The average molecular weight is 221 g/mol. The van der Waals surface area contributed by atoms with Gasteiger partial charge in [0.25, 0.3) is 0 Å². The summed E-state index contributed by atoms with van der Waals surface area (Å²) in [6.45, 7) is 0.881. The summed E-state index contributed by atoms with van der Waals surface area (Å²) >= 11 is 0. The molecule has 16 heavy (non-hydrogen) atoms. The quantitative estimate of drug-likeness (QED) is 0.768. The number of nitriles is 1. The second kappa shape index (κ2) is 4.50. The van der Waals surface area contributed by atoms with Gasteiger partial charge >= 0.3 is 0 Å². The normalized spacial score (nSPS) is 13.8. The highest BCUT2D eigenvalue weighted by Crippen LogP contribution is 2.33. The molecule has 1 aromatic carbocycles. The summed E-state index contributed by atoms with van der Waals surface area (Å²) in [6, 6.07) is 3.22. The lowest BCUT2D eigenvalue weighted by atomic mass is 9.97. The van der Waals surface area contributed by atoms with Crippen LogP contribution in [0.3, 0.4) is 0 Å². The van der Waals surface area contributed by atoms with Crippen molar-refractivity contribution in [2.75, 3.05) is 13.7 Å². The molecule has 0 N–H and O–H groups in total. The summed E-state index contributed by atoms with van der Waals surface area (Å²) in [7, 11) is 1.56. The molecule has 0 spiro atoms. The van der Waals surface area contributed by atoms with E-state index in [4.69, 9.17) is 14.7 Å². The Morgan fingerprint density at radius 1 is 1.62 bits per heavy atom. The van der Waals surface area contributed by atoms with Crippen molar-refractivity contribution in [1.82, 2.24) is 0 Å². The number of rotatable bonds is 2. The third kappa shape index (κ3) is 1.74. The summed E-state index contributed by atoms with van der Waals surface area (Å²) in [5, 5.41) is 8.89. The maximum atomic E-state index is 13.6. The summed E-state index contributed by atoms with van der Waals surface area (Å²) in [4.78, 5) is 0. The van der Waals surface area contributed by atoms with Crippen molar-refractivity contribution in [3.63, 3.8) is 0 Å². The lowest BCUT2D eigenvalue weighted by molar-refractivity contribution is 0.182. The molecule has 0 aromatic heterocycles. The van der Waals surface area contributed by atoms with Crippen LogP contribution in [0.15, 0.2) is 6.07 Å². The molecule has 0 unspecified atom stereocenters. The third-order valence-electron chi connectivity index (χ3n) is 2.66. The number of halogens is 1. The van der Waals surface area contributed by atoms with Crippen LogP contribution in [-0.2, 0) is 17.8 Å². The highest BCUT2D eigenvalue weighted by molar-refractivity contribution is 5.53. The van der Waals surface area contributed by atoms with Gasteiger partial charge in [-0.05, 0) is 24.5 Å². The van der Waals surface area contributed by atoms with Crippen molar-refractivity contribution < 1.29 is 13.9 Å². The van der Waals surface area contributed by atoms with Crippen LogP contribution >= 0.6 is 0 Å². The Hall–Kier alpha value is -1.60. The first kappa shape index (κ1) is 10.9. The largest absolute Gasteiger partial charge is 0.492 e. The van der Waals surface area contributed by atoms with Gasteiger partial charge in [-0.3, -0.25) is 0 Å². The van der Waals surface area contributed by atoms with Crippen molar-refractivity contribution in [3.8, 4) is 11.8 Å². The van der Waals surface area contributed by atoms with Crippen molar-refractivity contribution in [3.05, 3.63) is 28.6 Å². The van der Waals surface area contributed by atoms with E-state index in [1.165, 1.54) is 6.07 Å². The first-order chi connectivity index (χ1) is 7.77. The van der Waals surface area contributed by atoms with Crippen LogP contribution in [0.1, 0.15) is 23.1 Å². The fraction of sp³-hybridized carbons (Fsp3) is 0.417. The minimum Gasteiger partial charge on any atom is -0.492 e. The first-order valence-electron chi connectivity index (χ1n) is 5.14. The van der Waals surface area contributed by atoms with Gasteiger partial charge in [0, 0.05) is 12.7 Å². The van der Waals surface area contributed by atoms with Crippen LogP contribution < -0.4 is 4.74 Å². The Morgan fingerprint density at radius 2 is 2.44 bits per heavy atom. The molecule has 1 aromatic rings. The SMILES string of the molecule is COCc1cc(F)c(C#N)c2c1CCCO2. The molecule has 0 bridgehead atoms. The maximum Gasteiger partial charge on any atom is 0.145 e. The van der Waals surface area contributed by atoms with Gasteiger partial charge in [-0.25, -0.2) is 4.39 Å². The van der Waals surface area contributed by atoms with Crippen LogP contribution in [0, 0.1) is 17.1 Å². The van der Waals surface area contributed by atoms with Gasteiger partial charge in [-0.1, -0.05) is 0 Å². The standard InChI is InChI=1S/C12H12FNO2/c1-15-7-8-5-11(13)10(6-14)12-9(8)3-2-4-16-12/h5H,2-4,7H2,1H3. The number of hydrogen-bond acceptors (Lipinski definition) is 3. The van der Waals surface area contributed by atoms with Gasteiger partial charge in [0.15, 0.2) is 0 Å². The molecule has 0 aliphatic carbocycles. The fourth-order valence-electron chi connectivity index (χ4n) is 1.96. The van der Waals surface area contributed by atoms with Crippen molar-refractivity contribution in [1.29, 1.82) is 5.26 Å². The molecule has 0 radical (unpaired) electrons. The van der Waals surface area contributed by atoms with E-state index >= 15 is 0 Å². The second-order valence-corrected chi connectivity index (χ2v) is 3.70. The van der Waals surface area contributed by atoms with Gasteiger partial charge in [0.1, 0.15) is 23.2 Å². The molecule has 0 saturated carbocycles. The molecule has 0 amide bonds. The number of methoxy groups -OCH3 is 1. The minimum atomic E-state index is -0.532. The smallest absolute Gasteiger partial charge is 0.145 e. The molecule has 0 fully saturated rings. The van der Waals surface area contributed by atoms with Gasteiger partial charge in [-0.15, -0.1) is 0 Å². The predicted octanol–water partition coefficient (Wildman–Crippen LogP) is 2.17. The number of benzene rings is 1.